The van der Waals surface area contributed by atoms with Gasteiger partial charge in [0, 0.05) is 12.6 Å². The number of nitrogens with zero attached hydrogens (tertiary/aromatic N) is 1. The van der Waals surface area contributed by atoms with Crippen LogP contribution in [0.1, 0.15) is 50.3 Å². The highest BCUT2D eigenvalue weighted by Gasteiger charge is 2.29. The Morgan fingerprint density at radius 1 is 1.37 bits per heavy atom. The summed E-state index contributed by atoms with van der Waals surface area (Å²) in [4.78, 5) is 2.62. The van der Waals surface area contributed by atoms with Crippen LogP contribution in [-0.4, -0.2) is 24.0 Å². The second-order valence-corrected chi connectivity index (χ2v) is 6.12. The van der Waals surface area contributed by atoms with Crippen molar-refractivity contribution in [1.29, 1.82) is 0 Å². The maximum absolute atomic E-state index is 6.45. The topological polar surface area (TPSA) is 29.3 Å². The number of likely N-dealkylation sites (tertiary alicyclic amines) is 1. The molecule has 1 saturated heterocycles. The number of hydrogen-bond acceptors (Lipinski definition) is 2. The third-order valence-electron chi connectivity index (χ3n) is 4.47. The maximum atomic E-state index is 6.45. The van der Waals surface area contributed by atoms with E-state index in [9.17, 15) is 0 Å². The first-order valence-corrected chi connectivity index (χ1v) is 7.68. The summed E-state index contributed by atoms with van der Waals surface area (Å²) in [6.45, 7) is 9.14. The van der Waals surface area contributed by atoms with Crippen LogP contribution in [0.25, 0.3) is 0 Å². The van der Waals surface area contributed by atoms with Gasteiger partial charge in [0.2, 0.25) is 0 Å². The van der Waals surface area contributed by atoms with Crippen molar-refractivity contribution in [3.63, 3.8) is 0 Å². The molecule has 106 valence electrons. The predicted molar refractivity (Wildman–Crippen MR) is 82.2 cm³/mol. The van der Waals surface area contributed by atoms with Gasteiger partial charge in [-0.3, -0.25) is 4.90 Å². The summed E-state index contributed by atoms with van der Waals surface area (Å²) in [5.41, 5.74) is 9.24. The minimum atomic E-state index is 0.228. The minimum absolute atomic E-state index is 0.228. The summed E-state index contributed by atoms with van der Waals surface area (Å²) >= 11 is 0. The Morgan fingerprint density at radius 3 is 2.74 bits per heavy atom. The molecule has 3 atom stereocenters. The van der Waals surface area contributed by atoms with Gasteiger partial charge in [0.25, 0.3) is 0 Å². The maximum Gasteiger partial charge on any atom is 0.0501 e. The van der Waals surface area contributed by atoms with Gasteiger partial charge in [-0.25, -0.2) is 0 Å². The Kier molecular flexibility index (Phi) is 5.00. The fraction of sp³-hybridized carbons (Fsp3) is 0.647. The van der Waals surface area contributed by atoms with Gasteiger partial charge in [0.1, 0.15) is 0 Å². The monoisotopic (exact) mass is 260 g/mol. The smallest absolute Gasteiger partial charge is 0.0501 e. The van der Waals surface area contributed by atoms with E-state index in [-0.39, 0.29) is 6.04 Å². The van der Waals surface area contributed by atoms with E-state index in [1.54, 1.807) is 0 Å². The molecule has 1 aliphatic rings. The quantitative estimate of drug-likeness (QED) is 0.897. The van der Waals surface area contributed by atoms with Crippen molar-refractivity contribution in [3.05, 3.63) is 35.4 Å². The second-order valence-electron chi connectivity index (χ2n) is 6.12. The molecule has 1 aromatic carbocycles. The van der Waals surface area contributed by atoms with E-state index in [0.717, 1.165) is 12.3 Å². The Balaban J connectivity index is 2.28. The van der Waals surface area contributed by atoms with E-state index < -0.39 is 0 Å². The first-order chi connectivity index (χ1) is 9.13. The normalized spacial score (nSPS) is 24.1. The summed E-state index contributed by atoms with van der Waals surface area (Å²) in [6, 6.07) is 9.34. The molecule has 19 heavy (non-hydrogen) atoms. The average molecular weight is 260 g/mol. The van der Waals surface area contributed by atoms with Crippen LogP contribution in [0, 0.1) is 12.8 Å². The lowest BCUT2D eigenvalue weighted by molar-refractivity contribution is 0.111. The van der Waals surface area contributed by atoms with Crippen LogP contribution in [0.2, 0.25) is 0 Å². The Labute approximate surface area is 118 Å². The summed E-state index contributed by atoms with van der Waals surface area (Å²) in [5.74, 6) is 0.796. The van der Waals surface area contributed by atoms with Crippen molar-refractivity contribution in [2.45, 2.75) is 52.1 Å². The molecule has 2 nitrogen and oxygen atoms in total. The molecule has 2 heteroatoms. The molecule has 1 aliphatic heterocycles. The third kappa shape index (κ3) is 3.37. The molecule has 0 amide bonds. The van der Waals surface area contributed by atoms with Gasteiger partial charge in [-0.15, -0.1) is 0 Å². The molecule has 1 aromatic rings. The lowest BCUT2D eigenvalue weighted by atomic mass is 9.89. The van der Waals surface area contributed by atoms with Gasteiger partial charge in [0.05, 0.1) is 6.04 Å². The third-order valence-corrected chi connectivity index (χ3v) is 4.47. The molecule has 0 saturated carbocycles. The van der Waals surface area contributed by atoms with Gasteiger partial charge < -0.3 is 5.73 Å². The Morgan fingerprint density at radius 2 is 2.11 bits per heavy atom. The van der Waals surface area contributed by atoms with Crippen molar-refractivity contribution >= 4 is 0 Å². The fourth-order valence-corrected chi connectivity index (χ4v) is 3.32. The van der Waals surface area contributed by atoms with Gasteiger partial charge in [-0.2, -0.15) is 0 Å². The van der Waals surface area contributed by atoms with Crippen LogP contribution in [0.5, 0.6) is 0 Å². The Bertz CT molecular complexity index is 402. The number of nitrogens with two attached hydrogens (primary N) is 1. The molecule has 2 N–H and O–H groups in total. The van der Waals surface area contributed by atoms with Gasteiger partial charge >= 0.3 is 0 Å². The van der Waals surface area contributed by atoms with Crippen LogP contribution in [-0.2, 0) is 0 Å². The van der Waals surface area contributed by atoms with Crippen LogP contribution in [0.4, 0.5) is 0 Å². The van der Waals surface area contributed by atoms with Crippen molar-refractivity contribution in [2.75, 3.05) is 13.1 Å². The van der Waals surface area contributed by atoms with Crippen molar-refractivity contribution in [3.8, 4) is 0 Å². The molecule has 3 unspecified atom stereocenters. The molecule has 2 rings (SSSR count). The van der Waals surface area contributed by atoms with Crippen LogP contribution < -0.4 is 5.73 Å². The molecule has 0 aromatic heterocycles. The molecular formula is C17H28N2. The lowest BCUT2D eigenvalue weighted by Crippen LogP contribution is -2.45. The van der Waals surface area contributed by atoms with E-state index in [1.807, 2.05) is 0 Å². The van der Waals surface area contributed by atoms with Gasteiger partial charge in [-0.05, 0) is 49.8 Å². The highest BCUT2D eigenvalue weighted by atomic mass is 15.2. The molecule has 0 aliphatic carbocycles. The molecule has 0 spiro atoms. The van der Waals surface area contributed by atoms with Crippen molar-refractivity contribution in [2.24, 2.45) is 11.7 Å². The zero-order chi connectivity index (χ0) is 13.8. The zero-order valence-corrected chi connectivity index (χ0v) is 12.6. The summed E-state index contributed by atoms with van der Waals surface area (Å²) in [7, 11) is 0. The number of aryl methyl sites for hydroxylation is 1. The summed E-state index contributed by atoms with van der Waals surface area (Å²) in [6.07, 6.45) is 3.70. The number of rotatable bonds is 4. The van der Waals surface area contributed by atoms with Crippen molar-refractivity contribution in [1.82, 2.24) is 4.90 Å². The van der Waals surface area contributed by atoms with Gasteiger partial charge in [0.15, 0.2) is 0 Å². The number of hydrogen-bond donors (Lipinski definition) is 1. The minimum Gasteiger partial charge on any atom is -0.326 e. The van der Waals surface area contributed by atoms with E-state index >= 15 is 0 Å². The highest BCUT2D eigenvalue weighted by Crippen LogP contribution is 2.31. The zero-order valence-electron chi connectivity index (χ0n) is 12.6. The van der Waals surface area contributed by atoms with Crippen molar-refractivity contribution < 1.29 is 0 Å². The molecule has 0 radical (unpaired) electrons. The SMILES string of the molecule is CCC(N)C(c1ccccc1C)N1CCCC(C)C1. The summed E-state index contributed by atoms with van der Waals surface area (Å²) in [5, 5.41) is 0. The van der Waals surface area contributed by atoms with Crippen LogP contribution in [0.15, 0.2) is 24.3 Å². The fourth-order valence-electron chi connectivity index (χ4n) is 3.32. The van der Waals surface area contributed by atoms with Gasteiger partial charge in [-0.1, -0.05) is 38.1 Å². The molecular weight excluding hydrogens is 232 g/mol. The first-order valence-electron chi connectivity index (χ1n) is 7.68. The lowest BCUT2D eigenvalue weighted by Gasteiger charge is -2.40. The second kappa shape index (κ2) is 6.53. The van der Waals surface area contributed by atoms with E-state index in [2.05, 4.69) is 49.9 Å². The first kappa shape index (κ1) is 14.5. The number of piperidine rings is 1. The van der Waals surface area contributed by atoms with Crippen LogP contribution in [0.3, 0.4) is 0 Å². The molecule has 1 heterocycles. The summed E-state index contributed by atoms with van der Waals surface area (Å²) < 4.78 is 0. The number of benzene rings is 1. The average Bonchev–Trinajstić information content (AvgIpc) is 2.41. The van der Waals surface area contributed by atoms with Crippen LogP contribution >= 0.6 is 0 Å². The molecule has 0 bridgehead atoms. The van der Waals surface area contributed by atoms with E-state index in [0.29, 0.717) is 6.04 Å². The Hall–Kier alpha value is -0.860. The standard InChI is InChI=1S/C17H28N2/c1-4-16(18)17(15-10-6-5-9-14(15)3)19-11-7-8-13(2)12-19/h5-6,9-10,13,16-17H,4,7-8,11-12,18H2,1-3H3. The largest absolute Gasteiger partial charge is 0.326 e. The highest BCUT2D eigenvalue weighted by molar-refractivity contribution is 5.30. The van der Waals surface area contributed by atoms with E-state index in [1.165, 1.54) is 37.1 Å². The van der Waals surface area contributed by atoms with E-state index in [4.69, 9.17) is 5.73 Å². The predicted octanol–water partition coefficient (Wildman–Crippen LogP) is 3.51. The molecule has 1 fully saturated rings.